The highest BCUT2D eigenvalue weighted by atomic mass is 16.6. The maximum absolute atomic E-state index is 11.6. The van der Waals surface area contributed by atoms with E-state index in [4.69, 9.17) is 9.26 Å². The van der Waals surface area contributed by atoms with E-state index in [0.29, 0.717) is 11.4 Å². The van der Waals surface area contributed by atoms with Crippen LogP contribution in [0.1, 0.15) is 46.2 Å². The van der Waals surface area contributed by atoms with Gasteiger partial charge in [-0.2, -0.15) is 9.36 Å². The zero-order chi connectivity index (χ0) is 21.4. The van der Waals surface area contributed by atoms with E-state index in [1.165, 1.54) is 23.2 Å². The van der Waals surface area contributed by atoms with Crippen LogP contribution in [0.5, 0.6) is 0 Å². The van der Waals surface area contributed by atoms with Crippen molar-refractivity contribution in [3.8, 4) is 11.6 Å². The van der Waals surface area contributed by atoms with Crippen molar-refractivity contribution >= 4 is 23.2 Å². The molecule has 0 spiro atoms. The number of carbonyl (C=O) groups excluding carboxylic acids is 2. The summed E-state index contributed by atoms with van der Waals surface area (Å²) in [7, 11) is 0. The van der Waals surface area contributed by atoms with Crippen molar-refractivity contribution in [2.45, 2.75) is 27.7 Å². The first kappa shape index (κ1) is 18.8. The van der Waals surface area contributed by atoms with Crippen LogP contribution in [-0.4, -0.2) is 62.2 Å². The molecule has 0 aliphatic heterocycles. The largest absolute Gasteiger partial charge is 0.293 e. The molecule has 0 saturated heterocycles. The van der Waals surface area contributed by atoms with E-state index in [0.717, 1.165) is 0 Å². The van der Waals surface area contributed by atoms with Crippen LogP contribution in [0, 0.1) is 13.8 Å². The average Bonchev–Trinajstić information content (AvgIpc) is 3.45. The summed E-state index contributed by atoms with van der Waals surface area (Å²) in [6.07, 6.45) is 0. The first-order chi connectivity index (χ1) is 14.4. The number of ketones is 2. The lowest BCUT2D eigenvalue weighted by atomic mass is 10.2. The zero-order valence-corrected chi connectivity index (χ0v) is 16.0. The molecule has 4 rings (SSSR count). The van der Waals surface area contributed by atoms with Gasteiger partial charge < -0.3 is 0 Å². The summed E-state index contributed by atoms with van der Waals surface area (Å²) < 4.78 is 11.9. The zero-order valence-electron chi connectivity index (χ0n) is 16.0. The van der Waals surface area contributed by atoms with Gasteiger partial charge in [0.1, 0.15) is 0 Å². The van der Waals surface area contributed by atoms with Crippen molar-refractivity contribution < 1.29 is 18.8 Å². The molecular weight excluding hydrogens is 400 g/mol. The molecule has 4 heterocycles. The third-order valence-corrected chi connectivity index (χ3v) is 4.01. The maximum Gasteiger partial charge on any atom is 0.264 e. The van der Waals surface area contributed by atoms with Crippen LogP contribution in [-0.2, 0) is 0 Å². The van der Waals surface area contributed by atoms with Gasteiger partial charge >= 0.3 is 0 Å². The van der Waals surface area contributed by atoms with Gasteiger partial charge in [0.15, 0.2) is 23.0 Å². The van der Waals surface area contributed by atoms with Gasteiger partial charge in [0, 0.05) is 13.8 Å². The topological polar surface area (TPSA) is 198 Å². The van der Waals surface area contributed by atoms with Gasteiger partial charge in [0.05, 0.1) is 11.4 Å². The Morgan fingerprint density at radius 3 is 1.47 bits per heavy atom. The quantitative estimate of drug-likeness (QED) is 0.322. The van der Waals surface area contributed by atoms with Crippen molar-refractivity contribution in [2.75, 3.05) is 0 Å². The van der Waals surface area contributed by atoms with Gasteiger partial charge in [0.25, 0.3) is 11.6 Å². The standard InChI is InChI=1S/C14H12N12O4/c1-5-9(7(3)27)15-23-25(5)13-11(19-29-21-13)17-18-12-14(22-30-20-12)26-6(2)10(8(4)28)16-24-26/h1-4H3. The van der Waals surface area contributed by atoms with Crippen LogP contribution in [0.25, 0.3) is 11.6 Å². The van der Waals surface area contributed by atoms with Crippen LogP contribution in [0.4, 0.5) is 11.6 Å². The summed E-state index contributed by atoms with van der Waals surface area (Å²) >= 11 is 0. The van der Waals surface area contributed by atoms with Crippen molar-refractivity contribution in [1.82, 2.24) is 50.6 Å². The van der Waals surface area contributed by atoms with Crippen LogP contribution < -0.4 is 0 Å². The normalized spacial score (nSPS) is 11.5. The Hall–Kier alpha value is -4.50. The minimum atomic E-state index is -0.259. The number of nitrogens with zero attached hydrogens (tertiary/aromatic N) is 12. The molecule has 0 fully saturated rings. The predicted molar refractivity (Wildman–Crippen MR) is 92.1 cm³/mol. The van der Waals surface area contributed by atoms with Crippen LogP contribution in [0.15, 0.2) is 19.5 Å². The van der Waals surface area contributed by atoms with Crippen LogP contribution in [0.3, 0.4) is 0 Å². The molecule has 0 aromatic carbocycles. The molecule has 0 saturated carbocycles. The lowest BCUT2D eigenvalue weighted by Gasteiger charge is -1.98. The molecule has 0 aliphatic rings. The van der Waals surface area contributed by atoms with Crippen molar-refractivity contribution in [3.05, 3.63) is 22.8 Å². The molecule has 0 bridgehead atoms. The average molecular weight is 412 g/mol. The van der Waals surface area contributed by atoms with E-state index < -0.39 is 0 Å². The van der Waals surface area contributed by atoms with Gasteiger partial charge in [-0.25, -0.2) is 9.26 Å². The number of aromatic nitrogens is 10. The lowest BCUT2D eigenvalue weighted by molar-refractivity contribution is 0.0999. The first-order valence-electron chi connectivity index (χ1n) is 8.32. The summed E-state index contributed by atoms with van der Waals surface area (Å²) in [6, 6.07) is 0. The predicted octanol–water partition coefficient (Wildman–Crippen LogP) is 1.05. The van der Waals surface area contributed by atoms with Crippen molar-refractivity contribution in [1.29, 1.82) is 0 Å². The molecule has 16 heteroatoms. The summed E-state index contributed by atoms with van der Waals surface area (Å²) in [5.74, 6) is -0.525. The van der Waals surface area contributed by atoms with Crippen LogP contribution >= 0.6 is 0 Å². The summed E-state index contributed by atoms with van der Waals surface area (Å²) in [6.45, 7) is 6.00. The molecule has 0 aliphatic carbocycles. The van der Waals surface area contributed by atoms with Gasteiger partial charge in [0.2, 0.25) is 11.6 Å². The molecule has 0 atom stereocenters. The van der Waals surface area contributed by atoms with E-state index in [1.807, 2.05) is 0 Å². The van der Waals surface area contributed by atoms with E-state index in [9.17, 15) is 9.59 Å². The molecule has 0 amide bonds. The fourth-order valence-corrected chi connectivity index (χ4v) is 2.56. The maximum atomic E-state index is 11.6. The minimum absolute atomic E-state index is 0.0602. The molecule has 4 aromatic heterocycles. The Morgan fingerprint density at radius 2 is 1.13 bits per heavy atom. The summed E-state index contributed by atoms with van der Waals surface area (Å²) in [4.78, 5) is 23.2. The van der Waals surface area contributed by atoms with Crippen molar-refractivity contribution in [3.63, 3.8) is 0 Å². The highest BCUT2D eigenvalue weighted by Crippen LogP contribution is 2.25. The molecule has 30 heavy (non-hydrogen) atoms. The molecule has 16 nitrogen and oxygen atoms in total. The van der Waals surface area contributed by atoms with Crippen LogP contribution in [0.2, 0.25) is 0 Å². The molecule has 152 valence electrons. The second kappa shape index (κ2) is 7.15. The Kier molecular flexibility index (Phi) is 4.49. The Labute approximate surface area is 165 Å². The Balaban J connectivity index is 1.68. The van der Waals surface area contributed by atoms with E-state index in [1.54, 1.807) is 13.8 Å². The number of hydrogen-bond acceptors (Lipinski definition) is 14. The van der Waals surface area contributed by atoms with E-state index >= 15 is 0 Å². The van der Waals surface area contributed by atoms with Gasteiger partial charge in [-0.1, -0.05) is 10.4 Å². The third kappa shape index (κ3) is 3.05. The summed E-state index contributed by atoms with van der Waals surface area (Å²) in [5, 5.41) is 37.9. The fourth-order valence-electron chi connectivity index (χ4n) is 2.56. The number of Topliss-reactive ketones (excluding diaryl/α,β-unsaturated/α-hetero) is 2. The smallest absolute Gasteiger partial charge is 0.264 e. The molecule has 0 unspecified atom stereocenters. The number of carbonyl (C=O) groups is 2. The van der Waals surface area contributed by atoms with Gasteiger partial charge in [-0.15, -0.1) is 20.4 Å². The van der Waals surface area contributed by atoms with E-state index in [-0.39, 0.29) is 46.2 Å². The minimum Gasteiger partial charge on any atom is -0.293 e. The number of hydrogen-bond donors (Lipinski definition) is 0. The molecular formula is C14H12N12O4. The fraction of sp³-hybridized carbons (Fsp3) is 0.286. The molecule has 0 radical (unpaired) electrons. The highest BCUT2D eigenvalue weighted by Gasteiger charge is 2.22. The number of azo groups is 1. The van der Waals surface area contributed by atoms with Gasteiger partial charge in [-0.05, 0) is 34.5 Å². The van der Waals surface area contributed by atoms with Gasteiger partial charge in [-0.3, -0.25) is 9.59 Å². The third-order valence-electron chi connectivity index (χ3n) is 4.01. The van der Waals surface area contributed by atoms with E-state index in [2.05, 4.69) is 51.5 Å². The highest BCUT2D eigenvalue weighted by molar-refractivity contribution is 5.93. The number of rotatable bonds is 6. The molecule has 0 N–H and O–H groups in total. The Bertz CT molecular complexity index is 1190. The summed E-state index contributed by atoms with van der Waals surface area (Å²) in [5.41, 5.74) is 1.19. The monoisotopic (exact) mass is 412 g/mol. The van der Waals surface area contributed by atoms with Crippen molar-refractivity contribution in [2.24, 2.45) is 10.2 Å². The Morgan fingerprint density at radius 1 is 0.733 bits per heavy atom. The molecule has 4 aromatic rings. The lowest BCUT2D eigenvalue weighted by Crippen LogP contribution is -2.02. The SMILES string of the molecule is CC(=O)c1nnn(-c2nonc2N=Nc2nonc2-n2nnc(C(C)=O)c2C)c1C. The first-order valence-corrected chi connectivity index (χ1v) is 8.32. The second-order valence-corrected chi connectivity index (χ2v) is 6.01. The second-order valence-electron chi connectivity index (χ2n) is 6.01.